The lowest BCUT2D eigenvalue weighted by Crippen LogP contribution is -2.31. The summed E-state index contributed by atoms with van der Waals surface area (Å²) in [4.78, 5) is 11.9. The van der Waals surface area contributed by atoms with Gasteiger partial charge in [0.05, 0.1) is 11.7 Å². The molecule has 142 valence electrons. The highest BCUT2D eigenvalue weighted by Gasteiger charge is 2.28. The van der Waals surface area contributed by atoms with E-state index in [2.05, 4.69) is 10.4 Å². The zero-order valence-electron chi connectivity index (χ0n) is 15.3. The van der Waals surface area contributed by atoms with E-state index in [1.165, 1.54) is 6.20 Å². The molecule has 0 radical (unpaired) electrons. The molecule has 1 saturated carbocycles. The number of ether oxygens (including phenoxy) is 1. The van der Waals surface area contributed by atoms with Crippen molar-refractivity contribution in [3.8, 4) is 0 Å². The molecule has 2 rings (SSSR count). The summed E-state index contributed by atoms with van der Waals surface area (Å²) in [7, 11) is 0. The Hall–Kier alpha value is -1.70. The van der Waals surface area contributed by atoms with Gasteiger partial charge < -0.3 is 10.5 Å². The van der Waals surface area contributed by atoms with E-state index in [9.17, 15) is 13.6 Å². The number of nitrogens with two attached hydrogens (primary N) is 1. The van der Waals surface area contributed by atoms with E-state index in [0.717, 1.165) is 25.7 Å². The molecule has 1 amide bonds. The highest BCUT2D eigenvalue weighted by molar-refractivity contribution is 5.85. The van der Waals surface area contributed by atoms with Crippen molar-refractivity contribution in [1.82, 2.24) is 9.78 Å². The van der Waals surface area contributed by atoms with Crippen molar-refractivity contribution in [2.75, 3.05) is 5.32 Å². The number of amides is 1. The zero-order chi connectivity index (χ0) is 18.8. The minimum Gasteiger partial charge on any atom is -0.444 e. The molecule has 25 heavy (non-hydrogen) atoms. The number of carbonyl (C=O) groups is 1. The second-order valence-corrected chi connectivity index (χ2v) is 7.76. The molecule has 1 aliphatic rings. The number of anilines is 1. The van der Waals surface area contributed by atoms with Gasteiger partial charge in [-0.3, -0.25) is 10.00 Å². The molecular weight excluding hydrogens is 330 g/mol. The molecule has 1 unspecified atom stereocenters. The highest BCUT2D eigenvalue weighted by atomic mass is 19.3. The monoisotopic (exact) mass is 358 g/mol. The Morgan fingerprint density at radius 3 is 2.44 bits per heavy atom. The first-order valence-electron chi connectivity index (χ1n) is 8.69. The molecule has 0 spiro atoms. The van der Waals surface area contributed by atoms with Crippen molar-refractivity contribution in [3.63, 3.8) is 0 Å². The van der Waals surface area contributed by atoms with Crippen LogP contribution in [-0.4, -0.2) is 27.5 Å². The molecule has 0 saturated heterocycles. The Morgan fingerprint density at radius 1 is 1.36 bits per heavy atom. The number of rotatable bonds is 4. The van der Waals surface area contributed by atoms with E-state index in [0.29, 0.717) is 5.92 Å². The number of nitrogens with one attached hydrogen (secondary N) is 1. The lowest BCUT2D eigenvalue weighted by Gasteiger charge is -2.30. The van der Waals surface area contributed by atoms with Gasteiger partial charge in [-0.25, -0.2) is 13.6 Å². The molecule has 3 N–H and O–H groups in total. The van der Waals surface area contributed by atoms with Crippen molar-refractivity contribution in [2.45, 2.75) is 77.5 Å². The fourth-order valence-electron chi connectivity index (χ4n) is 3.16. The minimum absolute atomic E-state index is 0.00133. The first-order valence-corrected chi connectivity index (χ1v) is 8.69. The van der Waals surface area contributed by atoms with E-state index < -0.39 is 23.8 Å². The second kappa shape index (κ2) is 7.68. The number of aromatic nitrogens is 2. The lowest BCUT2D eigenvalue weighted by atomic mass is 9.82. The Balaban J connectivity index is 2.10. The van der Waals surface area contributed by atoms with Crippen LogP contribution in [0.1, 0.15) is 71.5 Å². The van der Waals surface area contributed by atoms with E-state index >= 15 is 0 Å². The maximum atomic E-state index is 13.3. The molecule has 6 nitrogen and oxygen atoms in total. The molecule has 0 aromatic carbocycles. The molecule has 0 aliphatic heterocycles. The number of hydrogen-bond donors (Lipinski definition) is 2. The van der Waals surface area contributed by atoms with Gasteiger partial charge in [0.1, 0.15) is 5.60 Å². The number of alkyl halides is 2. The molecule has 1 aromatic heterocycles. The summed E-state index contributed by atoms with van der Waals surface area (Å²) in [6, 6.07) is 0.182. The first-order chi connectivity index (χ1) is 11.6. The molecular formula is C17H28F2N4O2. The van der Waals surface area contributed by atoms with E-state index in [-0.39, 0.29) is 17.8 Å². The fraction of sp³-hybridized carbons (Fsp3) is 0.765. The van der Waals surface area contributed by atoms with Crippen LogP contribution in [-0.2, 0) is 4.74 Å². The van der Waals surface area contributed by atoms with Gasteiger partial charge in [-0.2, -0.15) is 5.10 Å². The SMILES string of the molecule is CC(N)C1CCC(n2cc(NC(=O)OC(C)(C)C)c(C(F)F)n2)CC1. The van der Waals surface area contributed by atoms with Crippen LogP contribution in [0.2, 0.25) is 0 Å². The highest BCUT2D eigenvalue weighted by Crippen LogP contribution is 2.35. The average molecular weight is 358 g/mol. The second-order valence-electron chi connectivity index (χ2n) is 7.76. The van der Waals surface area contributed by atoms with Gasteiger partial charge in [-0.1, -0.05) is 0 Å². The van der Waals surface area contributed by atoms with Crippen LogP contribution in [0, 0.1) is 5.92 Å². The summed E-state index contributed by atoms with van der Waals surface area (Å²) in [5.41, 5.74) is 4.80. The normalized spacial score (nSPS) is 22.7. The molecule has 1 fully saturated rings. The van der Waals surface area contributed by atoms with Crippen molar-refractivity contribution >= 4 is 11.8 Å². The summed E-state index contributed by atoms with van der Waals surface area (Å²) >= 11 is 0. The average Bonchev–Trinajstić information content (AvgIpc) is 2.89. The van der Waals surface area contributed by atoms with Crippen molar-refractivity contribution in [1.29, 1.82) is 0 Å². The Labute approximate surface area is 147 Å². The number of nitrogens with zero attached hydrogens (tertiary/aromatic N) is 2. The van der Waals surface area contributed by atoms with Crippen LogP contribution in [0.3, 0.4) is 0 Å². The van der Waals surface area contributed by atoms with Crippen molar-refractivity contribution in [3.05, 3.63) is 11.9 Å². The lowest BCUT2D eigenvalue weighted by molar-refractivity contribution is 0.0635. The number of halogens is 2. The Kier molecular flexibility index (Phi) is 6.03. The van der Waals surface area contributed by atoms with Gasteiger partial charge in [-0.15, -0.1) is 0 Å². The van der Waals surface area contributed by atoms with Gasteiger partial charge in [0.2, 0.25) is 0 Å². The molecule has 1 aromatic rings. The molecule has 8 heteroatoms. The van der Waals surface area contributed by atoms with Crippen LogP contribution in [0.4, 0.5) is 19.3 Å². The van der Waals surface area contributed by atoms with Crippen molar-refractivity contribution < 1.29 is 18.3 Å². The predicted octanol–water partition coefficient (Wildman–Crippen LogP) is 4.25. The quantitative estimate of drug-likeness (QED) is 0.843. The summed E-state index contributed by atoms with van der Waals surface area (Å²) in [6.45, 7) is 7.12. The number of carbonyl (C=O) groups excluding carboxylic acids is 1. The third kappa shape index (κ3) is 5.39. The summed E-state index contributed by atoms with van der Waals surface area (Å²) in [6.07, 6.45) is 1.50. The van der Waals surface area contributed by atoms with Gasteiger partial charge in [0.25, 0.3) is 6.43 Å². The summed E-state index contributed by atoms with van der Waals surface area (Å²) < 4.78 is 33.2. The van der Waals surface area contributed by atoms with Crippen LogP contribution < -0.4 is 11.1 Å². The third-order valence-corrected chi connectivity index (χ3v) is 4.46. The summed E-state index contributed by atoms with van der Waals surface area (Å²) in [5, 5.41) is 6.41. The Morgan fingerprint density at radius 2 is 1.96 bits per heavy atom. The molecule has 1 heterocycles. The van der Waals surface area contributed by atoms with Gasteiger partial charge in [0.15, 0.2) is 5.69 Å². The molecule has 1 aliphatic carbocycles. The maximum absolute atomic E-state index is 13.3. The smallest absolute Gasteiger partial charge is 0.412 e. The van der Waals surface area contributed by atoms with Crippen LogP contribution in [0.5, 0.6) is 0 Å². The molecule has 1 atom stereocenters. The van der Waals surface area contributed by atoms with Crippen LogP contribution >= 0.6 is 0 Å². The standard InChI is InChI=1S/C17H28F2N4O2/c1-10(20)11-5-7-12(8-6-11)23-9-13(14(22-23)15(18)19)21-16(24)25-17(2,3)4/h9-12,15H,5-8,20H2,1-4H3,(H,21,24). The predicted molar refractivity (Wildman–Crippen MR) is 91.7 cm³/mol. The van der Waals surface area contributed by atoms with Crippen LogP contribution in [0.15, 0.2) is 6.20 Å². The fourth-order valence-corrected chi connectivity index (χ4v) is 3.16. The maximum Gasteiger partial charge on any atom is 0.412 e. The minimum atomic E-state index is -2.77. The first kappa shape index (κ1) is 19.6. The van der Waals surface area contributed by atoms with Gasteiger partial charge >= 0.3 is 6.09 Å². The van der Waals surface area contributed by atoms with Gasteiger partial charge in [0, 0.05) is 12.2 Å². The largest absolute Gasteiger partial charge is 0.444 e. The Bertz CT molecular complexity index is 588. The van der Waals surface area contributed by atoms with E-state index in [1.807, 2.05) is 6.92 Å². The van der Waals surface area contributed by atoms with Crippen molar-refractivity contribution in [2.24, 2.45) is 11.7 Å². The number of hydrogen-bond acceptors (Lipinski definition) is 4. The van der Waals surface area contributed by atoms with Crippen LogP contribution in [0.25, 0.3) is 0 Å². The third-order valence-electron chi connectivity index (χ3n) is 4.46. The molecule has 0 bridgehead atoms. The van der Waals surface area contributed by atoms with Gasteiger partial charge in [-0.05, 0) is 59.3 Å². The zero-order valence-corrected chi connectivity index (χ0v) is 15.3. The van der Waals surface area contributed by atoms with E-state index in [4.69, 9.17) is 10.5 Å². The topological polar surface area (TPSA) is 82.2 Å². The summed E-state index contributed by atoms with van der Waals surface area (Å²) in [5.74, 6) is 0.459. The van der Waals surface area contributed by atoms with E-state index in [1.54, 1.807) is 25.5 Å².